The van der Waals surface area contributed by atoms with Crippen molar-refractivity contribution in [3.05, 3.63) is 82.0 Å². The summed E-state index contributed by atoms with van der Waals surface area (Å²) in [6.07, 6.45) is 4.70. The molecule has 34 heavy (non-hydrogen) atoms. The Balaban J connectivity index is 1.64. The minimum absolute atomic E-state index is 0.114. The molecule has 1 aliphatic heterocycles. The van der Waals surface area contributed by atoms with Gasteiger partial charge in [0.2, 0.25) is 0 Å². The van der Waals surface area contributed by atoms with Crippen LogP contribution in [0.2, 0.25) is 0 Å². The van der Waals surface area contributed by atoms with Crippen molar-refractivity contribution < 1.29 is 19.3 Å². The maximum absolute atomic E-state index is 13.1. The smallest absolute Gasteiger partial charge is 0.258 e. The number of carbonyl (C=O) groups is 1. The molecule has 0 fully saturated rings. The Labute approximate surface area is 201 Å². The SMILES string of the molecule is COCCCn1cccc1/C=C1\SC(=Nc2ccccc2)C(C(=O)NCc2nonc2C)=C1O. The number of ether oxygens (including phenoxy) is 1. The molecule has 3 heterocycles. The third-order valence-electron chi connectivity index (χ3n) is 5.16. The molecule has 4 rings (SSSR count). The van der Waals surface area contributed by atoms with Crippen LogP contribution in [-0.4, -0.2) is 44.7 Å². The highest BCUT2D eigenvalue weighted by atomic mass is 32.2. The van der Waals surface area contributed by atoms with Crippen LogP contribution in [0.15, 0.2) is 74.5 Å². The molecule has 0 bridgehead atoms. The number of benzene rings is 1. The summed E-state index contributed by atoms with van der Waals surface area (Å²) in [4.78, 5) is 18.3. The number of aliphatic hydroxyl groups is 1. The van der Waals surface area contributed by atoms with E-state index in [1.165, 1.54) is 11.8 Å². The lowest BCUT2D eigenvalue weighted by Crippen LogP contribution is -2.27. The van der Waals surface area contributed by atoms with E-state index in [9.17, 15) is 9.90 Å². The van der Waals surface area contributed by atoms with Crippen LogP contribution in [0.25, 0.3) is 6.08 Å². The number of aliphatic imine (C=N–C) groups is 1. The van der Waals surface area contributed by atoms with Crippen molar-refractivity contribution in [1.29, 1.82) is 0 Å². The summed E-state index contributed by atoms with van der Waals surface area (Å²) < 4.78 is 11.9. The highest BCUT2D eigenvalue weighted by Gasteiger charge is 2.32. The second-order valence-corrected chi connectivity index (χ2v) is 8.57. The standard InChI is InChI=1S/C24H25N5O4S/c1-16-19(28-33-27-16)15-25-23(31)21-22(30)20(34-24(21)26-17-8-4-3-5-9-17)14-18-10-6-11-29(18)12-7-13-32-2/h3-6,8-11,14,30H,7,12-13,15H2,1-2H3,(H,25,31)/b20-14-,26-24?. The van der Waals surface area contributed by atoms with Gasteiger partial charge >= 0.3 is 0 Å². The monoisotopic (exact) mass is 479 g/mol. The van der Waals surface area contributed by atoms with Crippen LogP contribution in [0.1, 0.15) is 23.5 Å². The zero-order valence-electron chi connectivity index (χ0n) is 18.9. The summed E-state index contributed by atoms with van der Waals surface area (Å²) in [6, 6.07) is 13.2. The maximum atomic E-state index is 13.1. The normalized spacial score (nSPS) is 16.1. The first-order chi connectivity index (χ1) is 16.6. The minimum atomic E-state index is -0.457. The van der Waals surface area contributed by atoms with Gasteiger partial charge in [0.05, 0.1) is 17.1 Å². The number of hydrogen-bond acceptors (Lipinski definition) is 8. The van der Waals surface area contributed by atoms with Gasteiger partial charge in [-0.2, -0.15) is 0 Å². The lowest BCUT2D eigenvalue weighted by molar-refractivity contribution is -0.117. The summed E-state index contributed by atoms with van der Waals surface area (Å²) in [5, 5.41) is 21.8. The molecule has 0 saturated carbocycles. The molecule has 0 aliphatic carbocycles. The molecule has 1 aliphatic rings. The molecular formula is C24H25N5O4S. The molecule has 3 aromatic rings. The number of amides is 1. The van der Waals surface area contributed by atoms with Crippen molar-refractivity contribution in [2.75, 3.05) is 13.7 Å². The van der Waals surface area contributed by atoms with Crippen LogP contribution in [0, 0.1) is 6.92 Å². The Morgan fingerprint density at radius 3 is 2.82 bits per heavy atom. The highest BCUT2D eigenvalue weighted by molar-refractivity contribution is 8.18. The highest BCUT2D eigenvalue weighted by Crippen LogP contribution is 2.40. The van der Waals surface area contributed by atoms with Crippen LogP contribution in [0.4, 0.5) is 5.69 Å². The molecule has 0 spiro atoms. The summed E-state index contributed by atoms with van der Waals surface area (Å²) >= 11 is 1.25. The van der Waals surface area contributed by atoms with Crippen molar-refractivity contribution in [3.8, 4) is 0 Å². The number of rotatable bonds is 9. The predicted molar refractivity (Wildman–Crippen MR) is 131 cm³/mol. The topological polar surface area (TPSA) is 115 Å². The van der Waals surface area contributed by atoms with Gasteiger partial charge in [-0.1, -0.05) is 40.3 Å². The number of methoxy groups -OCH3 is 1. The van der Waals surface area contributed by atoms with Crippen molar-refractivity contribution in [1.82, 2.24) is 20.2 Å². The van der Waals surface area contributed by atoms with Gasteiger partial charge in [0.15, 0.2) is 0 Å². The van der Waals surface area contributed by atoms with Crippen LogP contribution in [-0.2, 0) is 22.6 Å². The zero-order chi connectivity index (χ0) is 23.9. The number of aromatic nitrogens is 3. The van der Waals surface area contributed by atoms with E-state index >= 15 is 0 Å². The summed E-state index contributed by atoms with van der Waals surface area (Å²) in [7, 11) is 1.68. The first-order valence-electron chi connectivity index (χ1n) is 10.7. The Bertz CT molecular complexity index is 1240. The molecule has 2 aromatic heterocycles. The van der Waals surface area contributed by atoms with Gasteiger partial charge in [-0.3, -0.25) is 4.79 Å². The molecule has 1 aromatic carbocycles. The average molecular weight is 480 g/mol. The third kappa shape index (κ3) is 5.46. The van der Waals surface area contributed by atoms with Crippen LogP contribution in [0.3, 0.4) is 0 Å². The van der Waals surface area contributed by atoms with Gasteiger partial charge in [-0.25, -0.2) is 9.62 Å². The molecule has 0 unspecified atom stereocenters. The molecule has 2 N–H and O–H groups in total. The lowest BCUT2D eigenvalue weighted by atomic mass is 10.2. The molecule has 0 saturated heterocycles. The number of para-hydroxylation sites is 1. The number of thioether (sulfide) groups is 1. The first kappa shape index (κ1) is 23.5. The maximum Gasteiger partial charge on any atom is 0.258 e. The Kier molecular flexibility index (Phi) is 7.61. The zero-order valence-corrected chi connectivity index (χ0v) is 19.7. The van der Waals surface area contributed by atoms with E-state index in [0.717, 1.165) is 18.7 Å². The van der Waals surface area contributed by atoms with Crippen molar-refractivity contribution in [2.24, 2.45) is 4.99 Å². The van der Waals surface area contributed by atoms with Crippen LogP contribution in [0.5, 0.6) is 0 Å². The number of aryl methyl sites for hydroxylation is 2. The van der Waals surface area contributed by atoms with Gasteiger partial charge < -0.3 is 19.7 Å². The molecule has 1 amide bonds. The summed E-state index contributed by atoms with van der Waals surface area (Å²) in [5.74, 6) is -0.571. The van der Waals surface area contributed by atoms with Crippen molar-refractivity contribution >= 4 is 34.5 Å². The van der Waals surface area contributed by atoms with Crippen molar-refractivity contribution in [2.45, 2.75) is 26.4 Å². The van der Waals surface area contributed by atoms with Crippen molar-refractivity contribution in [3.63, 3.8) is 0 Å². The molecular weight excluding hydrogens is 454 g/mol. The summed E-state index contributed by atoms with van der Waals surface area (Å²) in [5.41, 5.74) is 2.82. The molecule has 0 radical (unpaired) electrons. The number of nitrogens with zero attached hydrogens (tertiary/aromatic N) is 4. The Morgan fingerprint density at radius 1 is 1.26 bits per heavy atom. The van der Waals surface area contributed by atoms with E-state index in [1.807, 2.05) is 54.7 Å². The third-order valence-corrected chi connectivity index (χ3v) is 6.18. The van der Waals surface area contributed by atoms with Gasteiger partial charge in [-0.05, 0) is 43.7 Å². The minimum Gasteiger partial charge on any atom is -0.506 e. The Hall–Kier alpha value is -3.63. The molecule has 0 atom stereocenters. The van der Waals surface area contributed by atoms with Gasteiger partial charge in [0.25, 0.3) is 5.91 Å². The van der Waals surface area contributed by atoms with Crippen LogP contribution >= 0.6 is 11.8 Å². The number of nitrogens with one attached hydrogen (secondary N) is 1. The largest absolute Gasteiger partial charge is 0.506 e. The molecule has 176 valence electrons. The quantitative estimate of drug-likeness (QED) is 0.443. The number of carbonyl (C=O) groups excluding carboxylic acids is 1. The fourth-order valence-electron chi connectivity index (χ4n) is 3.37. The van der Waals surface area contributed by atoms with E-state index < -0.39 is 5.91 Å². The average Bonchev–Trinajstić information content (AvgIpc) is 3.53. The molecule has 9 nitrogen and oxygen atoms in total. The van der Waals surface area contributed by atoms with Gasteiger partial charge in [0, 0.05) is 32.2 Å². The lowest BCUT2D eigenvalue weighted by Gasteiger charge is -2.07. The fourth-order valence-corrected chi connectivity index (χ4v) is 4.40. The predicted octanol–water partition coefficient (Wildman–Crippen LogP) is 4.16. The Morgan fingerprint density at radius 2 is 2.09 bits per heavy atom. The fraction of sp³-hybridized carbons (Fsp3) is 0.250. The van der Waals surface area contributed by atoms with E-state index in [1.54, 1.807) is 14.0 Å². The number of aliphatic hydroxyl groups excluding tert-OH is 1. The number of hydrogen-bond donors (Lipinski definition) is 2. The van der Waals surface area contributed by atoms with E-state index in [4.69, 9.17) is 4.74 Å². The summed E-state index contributed by atoms with van der Waals surface area (Å²) in [6.45, 7) is 3.30. The van der Waals surface area contributed by atoms with Gasteiger partial charge in [-0.15, -0.1) is 0 Å². The van der Waals surface area contributed by atoms with E-state index in [-0.39, 0.29) is 17.9 Å². The second-order valence-electron chi connectivity index (χ2n) is 7.54. The van der Waals surface area contributed by atoms with Gasteiger partial charge in [0.1, 0.15) is 27.8 Å². The second kappa shape index (κ2) is 11.0. The van der Waals surface area contributed by atoms with E-state index in [0.29, 0.717) is 33.6 Å². The van der Waals surface area contributed by atoms with Crippen LogP contribution < -0.4 is 5.32 Å². The molecule has 10 heteroatoms. The first-order valence-corrected chi connectivity index (χ1v) is 11.6. The van der Waals surface area contributed by atoms with E-state index in [2.05, 4.69) is 29.8 Å².